The third kappa shape index (κ3) is 4.67. The minimum Gasteiger partial charge on any atom is -0.354 e. The summed E-state index contributed by atoms with van der Waals surface area (Å²) in [5.41, 5.74) is 2.50. The number of hydrogen-bond acceptors (Lipinski definition) is 6. The fourth-order valence-electron chi connectivity index (χ4n) is 2.81. The number of carbonyl (C=O) groups is 1. The molecule has 3 rings (SSSR count). The fraction of sp³-hybridized carbons (Fsp3) is 0.389. The number of hydrogen-bond donors (Lipinski definition) is 2. The molecule has 0 spiro atoms. The van der Waals surface area contributed by atoms with Crippen LogP contribution in [0, 0.1) is 6.92 Å². The van der Waals surface area contributed by atoms with Gasteiger partial charge in [-0.2, -0.15) is 4.98 Å². The summed E-state index contributed by atoms with van der Waals surface area (Å²) in [5.74, 6) is 1.41. The van der Waals surface area contributed by atoms with E-state index in [9.17, 15) is 4.79 Å². The lowest BCUT2D eigenvalue weighted by Gasteiger charge is -2.33. The quantitative estimate of drug-likeness (QED) is 0.889. The minimum absolute atomic E-state index is 0.0960. The zero-order valence-electron chi connectivity index (χ0n) is 14.9. The number of aromatic nitrogens is 2. The van der Waals surface area contributed by atoms with Crippen LogP contribution in [0.25, 0.3) is 0 Å². The second-order valence-corrected chi connectivity index (χ2v) is 6.37. The van der Waals surface area contributed by atoms with Crippen molar-refractivity contribution in [3.05, 3.63) is 36.0 Å². The average Bonchev–Trinajstić information content (AvgIpc) is 2.54. The molecular formula is C18H24N6O. The Morgan fingerprint density at radius 2 is 1.80 bits per heavy atom. The second-order valence-electron chi connectivity index (χ2n) is 6.37. The van der Waals surface area contributed by atoms with Crippen molar-refractivity contribution in [1.82, 2.24) is 14.9 Å². The van der Waals surface area contributed by atoms with E-state index >= 15 is 0 Å². The molecule has 0 saturated carbocycles. The molecule has 132 valence electrons. The highest BCUT2D eigenvalue weighted by molar-refractivity contribution is 5.89. The molecule has 1 aromatic heterocycles. The molecule has 0 radical (unpaired) electrons. The lowest BCUT2D eigenvalue weighted by atomic mass is 10.2. The summed E-state index contributed by atoms with van der Waals surface area (Å²) < 4.78 is 0. The topological polar surface area (TPSA) is 73.4 Å². The fourth-order valence-corrected chi connectivity index (χ4v) is 2.81. The van der Waals surface area contributed by atoms with E-state index in [1.807, 2.05) is 37.3 Å². The molecule has 0 atom stereocenters. The van der Waals surface area contributed by atoms with Crippen LogP contribution < -0.4 is 15.5 Å². The van der Waals surface area contributed by atoms with E-state index in [4.69, 9.17) is 0 Å². The number of carbonyl (C=O) groups excluding carboxylic acids is 1. The molecule has 1 aromatic carbocycles. The maximum absolute atomic E-state index is 11.2. The Morgan fingerprint density at radius 3 is 2.52 bits per heavy atom. The van der Waals surface area contributed by atoms with Crippen molar-refractivity contribution >= 4 is 29.0 Å². The molecule has 0 bridgehead atoms. The smallest absolute Gasteiger partial charge is 0.229 e. The van der Waals surface area contributed by atoms with Crippen LogP contribution in [-0.2, 0) is 4.79 Å². The Hall–Kier alpha value is -2.67. The van der Waals surface area contributed by atoms with Gasteiger partial charge in [0.1, 0.15) is 5.82 Å². The van der Waals surface area contributed by atoms with Crippen molar-refractivity contribution in [3.8, 4) is 0 Å². The summed E-state index contributed by atoms with van der Waals surface area (Å²) in [5, 5.41) is 6.01. The molecule has 1 saturated heterocycles. The second kappa shape index (κ2) is 7.48. The summed E-state index contributed by atoms with van der Waals surface area (Å²) >= 11 is 0. The molecule has 1 aliphatic rings. The van der Waals surface area contributed by atoms with Gasteiger partial charge in [-0.15, -0.1) is 0 Å². The van der Waals surface area contributed by atoms with Crippen LogP contribution in [0.4, 0.5) is 23.1 Å². The Balaban J connectivity index is 1.77. The maximum Gasteiger partial charge on any atom is 0.229 e. The Bertz CT molecular complexity index is 755. The van der Waals surface area contributed by atoms with E-state index in [1.165, 1.54) is 6.92 Å². The zero-order chi connectivity index (χ0) is 17.8. The molecule has 1 aliphatic heterocycles. The summed E-state index contributed by atoms with van der Waals surface area (Å²) in [6.45, 7) is 7.45. The van der Waals surface area contributed by atoms with E-state index in [2.05, 4.69) is 37.4 Å². The van der Waals surface area contributed by atoms with Crippen molar-refractivity contribution in [1.29, 1.82) is 0 Å². The molecule has 25 heavy (non-hydrogen) atoms. The maximum atomic E-state index is 11.2. The minimum atomic E-state index is -0.0960. The first-order valence-electron chi connectivity index (χ1n) is 8.43. The lowest BCUT2D eigenvalue weighted by Crippen LogP contribution is -2.44. The van der Waals surface area contributed by atoms with Crippen LogP contribution in [0.1, 0.15) is 12.6 Å². The van der Waals surface area contributed by atoms with Crippen molar-refractivity contribution in [3.63, 3.8) is 0 Å². The Morgan fingerprint density at radius 1 is 1.08 bits per heavy atom. The number of anilines is 4. The highest BCUT2D eigenvalue weighted by atomic mass is 16.1. The van der Waals surface area contributed by atoms with Gasteiger partial charge in [-0.3, -0.25) is 4.79 Å². The molecule has 0 aliphatic carbocycles. The third-order valence-electron chi connectivity index (χ3n) is 4.11. The standard InChI is InChI=1S/C18H24N6O/c1-13-11-17(24-9-7-23(3)8-10-24)22-18(19-13)21-16-6-4-5-15(12-16)20-14(2)25/h4-6,11-12H,7-10H2,1-3H3,(H,20,25)(H,19,21,22). The molecular weight excluding hydrogens is 316 g/mol. The van der Waals surface area contributed by atoms with Crippen LogP contribution in [0.15, 0.2) is 30.3 Å². The first kappa shape index (κ1) is 17.2. The molecule has 7 nitrogen and oxygen atoms in total. The normalized spacial score (nSPS) is 15.1. The summed E-state index contributed by atoms with van der Waals surface area (Å²) in [7, 11) is 2.14. The number of aryl methyl sites for hydroxylation is 1. The van der Waals surface area contributed by atoms with Crippen LogP contribution >= 0.6 is 0 Å². The number of nitrogens with one attached hydrogen (secondary N) is 2. The van der Waals surface area contributed by atoms with Crippen LogP contribution in [0.3, 0.4) is 0 Å². The van der Waals surface area contributed by atoms with Gasteiger partial charge in [-0.25, -0.2) is 4.98 Å². The number of piperazine rings is 1. The summed E-state index contributed by atoms with van der Waals surface area (Å²) in [6, 6.07) is 9.53. The lowest BCUT2D eigenvalue weighted by molar-refractivity contribution is -0.114. The van der Waals surface area contributed by atoms with Crippen LogP contribution in [0.5, 0.6) is 0 Å². The van der Waals surface area contributed by atoms with Gasteiger partial charge in [0.05, 0.1) is 0 Å². The monoisotopic (exact) mass is 340 g/mol. The van der Waals surface area contributed by atoms with Gasteiger partial charge < -0.3 is 20.4 Å². The van der Waals surface area contributed by atoms with Crippen LogP contribution in [-0.4, -0.2) is 54.0 Å². The Labute approximate surface area is 148 Å². The molecule has 7 heteroatoms. The first-order valence-corrected chi connectivity index (χ1v) is 8.43. The highest BCUT2D eigenvalue weighted by Crippen LogP contribution is 2.21. The molecule has 0 unspecified atom stereocenters. The SMILES string of the molecule is CC(=O)Nc1cccc(Nc2nc(C)cc(N3CCN(C)CC3)n2)c1. The predicted octanol–water partition coefficient (Wildman–Crippen LogP) is 2.24. The first-order chi connectivity index (χ1) is 12.0. The summed E-state index contributed by atoms with van der Waals surface area (Å²) in [6.07, 6.45) is 0. The van der Waals surface area contributed by atoms with Crippen molar-refractivity contribution in [2.75, 3.05) is 48.8 Å². The number of amides is 1. The van der Waals surface area contributed by atoms with Gasteiger partial charge in [0, 0.05) is 56.2 Å². The van der Waals surface area contributed by atoms with Gasteiger partial charge in [-0.1, -0.05) is 6.07 Å². The van der Waals surface area contributed by atoms with E-state index < -0.39 is 0 Å². The van der Waals surface area contributed by atoms with Gasteiger partial charge in [0.2, 0.25) is 11.9 Å². The van der Waals surface area contributed by atoms with Gasteiger partial charge >= 0.3 is 0 Å². The zero-order valence-corrected chi connectivity index (χ0v) is 14.9. The number of benzene rings is 1. The van der Waals surface area contributed by atoms with E-state index in [1.54, 1.807) is 0 Å². The van der Waals surface area contributed by atoms with Gasteiger partial charge in [0.15, 0.2) is 0 Å². The Kier molecular flexibility index (Phi) is 5.14. The number of nitrogens with zero attached hydrogens (tertiary/aromatic N) is 4. The third-order valence-corrected chi connectivity index (χ3v) is 4.11. The van der Waals surface area contributed by atoms with Gasteiger partial charge in [-0.05, 0) is 32.2 Å². The average molecular weight is 340 g/mol. The molecule has 2 heterocycles. The van der Waals surface area contributed by atoms with Crippen molar-refractivity contribution < 1.29 is 4.79 Å². The number of rotatable bonds is 4. The molecule has 2 aromatic rings. The highest BCUT2D eigenvalue weighted by Gasteiger charge is 2.16. The van der Waals surface area contributed by atoms with Crippen molar-refractivity contribution in [2.24, 2.45) is 0 Å². The van der Waals surface area contributed by atoms with E-state index in [-0.39, 0.29) is 5.91 Å². The van der Waals surface area contributed by atoms with Crippen molar-refractivity contribution in [2.45, 2.75) is 13.8 Å². The van der Waals surface area contributed by atoms with Crippen LogP contribution in [0.2, 0.25) is 0 Å². The molecule has 2 N–H and O–H groups in total. The molecule has 1 fully saturated rings. The van der Waals surface area contributed by atoms with E-state index in [0.717, 1.165) is 49.1 Å². The predicted molar refractivity (Wildman–Crippen MR) is 101 cm³/mol. The molecule has 1 amide bonds. The van der Waals surface area contributed by atoms with E-state index in [0.29, 0.717) is 5.95 Å². The number of likely N-dealkylation sites (N-methyl/N-ethyl adjacent to an activating group) is 1. The van der Waals surface area contributed by atoms with Gasteiger partial charge in [0.25, 0.3) is 0 Å². The largest absolute Gasteiger partial charge is 0.354 e. The summed E-state index contributed by atoms with van der Waals surface area (Å²) in [4.78, 5) is 25.0.